The maximum Gasteiger partial charge on any atom is 0.251 e. The van der Waals surface area contributed by atoms with Crippen molar-refractivity contribution in [2.45, 2.75) is 13.8 Å². The fraction of sp³-hybridized carbons (Fsp3) is 0.318. The number of carbonyl (C=O) groups is 3. The van der Waals surface area contributed by atoms with Crippen molar-refractivity contribution in [3.05, 3.63) is 53.1 Å². The predicted octanol–water partition coefficient (Wildman–Crippen LogP) is 2.15. The highest BCUT2D eigenvalue weighted by atomic mass is 16.5. The molecule has 0 aliphatic heterocycles. The number of benzene rings is 2. The molecule has 2 aromatic carbocycles. The second kappa shape index (κ2) is 10.3. The third kappa shape index (κ3) is 5.97. The van der Waals surface area contributed by atoms with E-state index in [1.54, 1.807) is 18.2 Å². The lowest BCUT2D eigenvalue weighted by Gasteiger charge is -2.18. The van der Waals surface area contributed by atoms with Crippen molar-refractivity contribution >= 4 is 23.4 Å². The zero-order valence-corrected chi connectivity index (χ0v) is 17.9. The molecule has 0 fully saturated rings. The molecule has 8 heteroatoms. The molecular formula is C22H27N3O5. The largest absolute Gasteiger partial charge is 0.497 e. The van der Waals surface area contributed by atoms with Gasteiger partial charge >= 0.3 is 0 Å². The summed E-state index contributed by atoms with van der Waals surface area (Å²) >= 11 is 0. The number of nitrogens with zero attached hydrogens (tertiary/aromatic N) is 1. The minimum atomic E-state index is -0.450. The average Bonchev–Trinajstić information content (AvgIpc) is 2.73. The number of para-hydroxylation sites is 1. The van der Waals surface area contributed by atoms with Gasteiger partial charge in [0.2, 0.25) is 11.8 Å². The number of rotatable bonds is 8. The molecule has 0 aromatic heterocycles. The Hall–Kier alpha value is -3.55. The van der Waals surface area contributed by atoms with E-state index in [9.17, 15) is 14.4 Å². The number of anilines is 1. The van der Waals surface area contributed by atoms with Gasteiger partial charge in [-0.3, -0.25) is 14.4 Å². The highest BCUT2D eigenvalue weighted by molar-refractivity contribution is 5.98. The number of hydrogen-bond acceptors (Lipinski definition) is 5. The molecule has 0 atom stereocenters. The molecule has 2 aromatic rings. The number of carbonyl (C=O) groups excluding carboxylic acids is 3. The molecule has 2 N–H and O–H groups in total. The molecule has 0 saturated heterocycles. The van der Waals surface area contributed by atoms with E-state index in [0.717, 1.165) is 16.8 Å². The quantitative estimate of drug-likeness (QED) is 0.691. The predicted molar refractivity (Wildman–Crippen MR) is 114 cm³/mol. The van der Waals surface area contributed by atoms with Crippen LogP contribution in [0.2, 0.25) is 0 Å². The number of ether oxygens (including phenoxy) is 2. The Morgan fingerprint density at radius 1 is 0.967 bits per heavy atom. The van der Waals surface area contributed by atoms with Gasteiger partial charge in [0.05, 0.1) is 27.3 Å². The van der Waals surface area contributed by atoms with E-state index >= 15 is 0 Å². The van der Waals surface area contributed by atoms with Crippen LogP contribution >= 0.6 is 0 Å². The molecule has 0 aliphatic rings. The summed E-state index contributed by atoms with van der Waals surface area (Å²) in [5.41, 5.74) is 2.93. The summed E-state index contributed by atoms with van der Waals surface area (Å²) in [6.45, 7) is 3.43. The molecule has 0 spiro atoms. The van der Waals surface area contributed by atoms with Gasteiger partial charge in [-0.05, 0) is 37.1 Å². The van der Waals surface area contributed by atoms with E-state index in [-0.39, 0.29) is 19.0 Å². The molecule has 0 saturated carbocycles. The first-order valence-corrected chi connectivity index (χ1v) is 9.36. The summed E-state index contributed by atoms with van der Waals surface area (Å²) < 4.78 is 10.3. The summed E-state index contributed by atoms with van der Waals surface area (Å²) in [5, 5.41) is 5.38. The fourth-order valence-electron chi connectivity index (χ4n) is 2.83. The van der Waals surface area contributed by atoms with Gasteiger partial charge in [0.1, 0.15) is 11.5 Å². The third-order valence-corrected chi connectivity index (χ3v) is 4.57. The zero-order valence-electron chi connectivity index (χ0n) is 17.9. The standard InChI is InChI=1S/C22H27N3O5/c1-14-7-6-8-15(2)21(14)24-19(26)13-25(3)20(27)12-23-22(28)16-9-17(29-4)11-18(10-16)30-5/h6-11H,12-13H2,1-5H3,(H,23,28)(H,24,26). The summed E-state index contributed by atoms with van der Waals surface area (Å²) in [5.74, 6) is -0.229. The lowest BCUT2D eigenvalue weighted by atomic mass is 10.1. The Morgan fingerprint density at radius 2 is 1.53 bits per heavy atom. The van der Waals surface area contributed by atoms with Gasteiger partial charge in [-0.15, -0.1) is 0 Å². The van der Waals surface area contributed by atoms with E-state index in [1.165, 1.54) is 26.2 Å². The zero-order chi connectivity index (χ0) is 22.3. The van der Waals surface area contributed by atoms with Crippen LogP contribution in [0.25, 0.3) is 0 Å². The van der Waals surface area contributed by atoms with Gasteiger partial charge in [-0.25, -0.2) is 0 Å². The molecule has 0 heterocycles. The Bertz CT molecular complexity index is 900. The van der Waals surface area contributed by atoms with Crippen molar-refractivity contribution in [3.8, 4) is 11.5 Å². The van der Waals surface area contributed by atoms with Crippen LogP contribution in [-0.4, -0.2) is 57.0 Å². The monoisotopic (exact) mass is 413 g/mol. The number of methoxy groups -OCH3 is 2. The van der Waals surface area contributed by atoms with E-state index < -0.39 is 11.8 Å². The van der Waals surface area contributed by atoms with Crippen molar-refractivity contribution in [1.29, 1.82) is 0 Å². The van der Waals surface area contributed by atoms with Gasteiger partial charge in [-0.2, -0.15) is 0 Å². The summed E-state index contributed by atoms with van der Waals surface area (Å²) in [7, 11) is 4.48. The molecule has 2 rings (SSSR count). The smallest absolute Gasteiger partial charge is 0.251 e. The van der Waals surface area contributed by atoms with Crippen molar-refractivity contribution < 1.29 is 23.9 Å². The summed E-state index contributed by atoms with van der Waals surface area (Å²) in [6.07, 6.45) is 0. The van der Waals surface area contributed by atoms with Crippen LogP contribution < -0.4 is 20.1 Å². The van der Waals surface area contributed by atoms with Crippen molar-refractivity contribution in [2.24, 2.45) is 0 Å². The molecular weight excluding hydrogens is 386 g/mol. The molecule has 0 unspecified atom stereocenters. The molecule has 0 bridgehead atoms. The third-order valence-electron chi connectivity index (χ3n) is 4.57. The first kappa shape index (κ1) is 22.7. The van der Waals surface area contributed by atoms with Crippen LogP contribution in [0.1, 0.15) is 21.5 Å². The lowest BCUT2D eigenvalue weighted by Crippen LogP contribution is -2.41. The van der Waals surface area contributed by atoms with Crippen LogP contribution in [0, 0.1) is 13.8 Å². The van der Waals surface area contributed by atoms with Crippen molar-refractivity contribution in [2.75, 3.05) is 39.7 Å². The Labute approximate surface area is 176 Å². The van der Waals surface area contributed by atoms with Gasteiger partial charge in [0, 0.05) is 24.4 Å². The molecule has 8 nitrogen and oxygen atoms in total. The second-order valence-corrected chi connectivity index (χ2v) is 6.85. The summed E-state index contributed by atoms with van der Waals surface area (Å²) in [6, 6.07) is 10.5. The van der Waals surface area contributed by atoms with E-state index in [2.05, 4.69) is 10.6 Å². The first-order chi connectivity index (χ1) is 14.2. The molecule has 3 amide bonds. The van der Waals surface area contributed by atoms with Crippen molar-refractivity contribution in [1.82, 2.24) is 10.2 Å². The maximum atomic E-state index is 12.4. The van der Waals surface area contributed by atoms with E-state index in [0.29, 0.717) is 17.1 Å². The first-order valence-electron chi connectivity index (χ1n) is 9.36. The Morgan fingerprint density at radius 3 is 2.07 bits per heavy atom. The highest BCUT2D eigenvalue weighted by Gasteiger charge is 2.16. The minimum Gasteiger partial charge on any atom is -0.497 e. The van der Waals surface area contributed by atoms with Crippen LogP contribution in [-0.2, 0) is 9.59 Å². The minimum absolute atomic E-state index is 0.130. The maximum absolute atomic E-state index is 12.4. The highest BCUT2D eigenvalue weighted by Crippen LogP contribution is 2.22. The fourth-order valence-corrected chi connectivity index (χ4v) is 2.83. The van der Waals surface area contributed by atoms with Gasteiger partial charge in [0.25, 0.3) is 5.91 Å². The normalized spacial score (nSPS) is 10.2. The SMILES string of the molecule is COc1cc(OC)cc(C(=O)NCC(=O)N(C)CC(=O)Nc2c(C)cccc2C)c1. The van der Waals surface area contributed by atoms with Crippen molar-refractivity contribution in [3.63, 3.8) is 0 Å². The number of nitrogens with one attached hydrogen (secondary N) is 2. The molecule has 0 radical (unpaired) electrons. The van der Waals surface area contributed by atoms with Crippen LogP contribution in [0.4, 0.5) is 5.69 Å². The van der Waals surface area contributed by atoms with Crippen LogP contribution in [0.15, 0.2) is 36.4 Å². The van der Waals surface area contributed by atoms with E-state index in [4.69, 9.17) is 9.47 Å². The lowest BCUT2D eigenvalue weighted by molar-refractivity contribution is -0.132. The molecule has 30 heavy (non-hydrogen) atoms. The van der Waals surface area contributed by atoms with Crippen LogP contribution in [0.5, 0.6) is 11.5 Å². The van der Waals surface area contributed by atoms with Gasteiger partial charge < -0.3 is 25.0 Å². The topological polar surface area (TPSA) is 97.0 Å². The van der Waals surface area contributed by atoms with Gasteiger partial charge in [-0.1, -0.05) is 18.2 Å². The Balaban J connectivity index is 1.91. The number of hydrogen-bond donors (Lipinski definition) is 2. The van der Waals surface area contributed by atoms with E-state index in [1.807, 2.05) is 32.0 Å². The summed E-state index contributed by atoms with van der Waals surface area (Å²) in [4.78, 5) is 38.3. The Kier molecular flexibility index (Phi) is 7.80. The second-order valence-electron chi connectivity index (χ2n) is 6.85. The number of aryl methyl sites for hydroxylation is 2. The number of amides is 3. The molecule has 160 valence electrons. The average molecular weight is 413 g/mol. The van der Waals surface area contributed by atoms with Crippen LogP contribution in [0.3, 0.4) is 0 Å². The number of likely N-dealkylation sites (N-methyl/N-ethyl adjacent to an activating group) is 1. The molecule has 0 aliphatic carbocycles. The van der Waals surface area contributed by atoms with Gasteiger partial charge in [0.15, 0.2) is 0 Å².